The molecule has 2 amide bonds. The fraction of sp³-hybridized carbons (Fsp3) is 0.524. The van der Waals surface area contributed by atoms with Crippen LogP contribution in [0.2, 0.25) is 0 Å². The van der Waals surface area contributed by atoms with E-state index in [0.29, 0.717) is 24.7 Å². The van der Waals surface area contributed by atoms with Crippen molar-refractivity contribution in [2.45, 2.75) is 58.3 Å². The topological polar surface area (TPSA) is 109 Å². The van der Waals surface area contributed by atoms with Crippen molar-refractivity contribution >= 4 is 12.2 Å². The number of likely N-dealkylation sites (tertiary alicyclic amines) is 1. The summed E-state index contributed by atoms with van der Waals surface area (Å²) >= 11 is 0. The van der Waals surface area contributed by atoms with Gasteiger partial charge >= 0.3 is 12.2 Å². The molecule has 0 spiro atoms. The second kappa shape index (κ2) is 9.60. The van der Waals surface area contributed by atoms with E-state index in [1.165, 1.54) is 0 Å². The molecule has 1 fully saturated rings. The third kappa shape index (κ3) is 6.47. The van der Waals surface area contributed by atoms with Crippen LogP contribution in [0.5, 0.6) is 0 Å². The molecule has 0 radical (unpaired) electrons. The van der Waals surface area contributed by atoms with Crippen molar-refractivity contribution in [2.75, 3.05) is 13.1 Å². The maximum Gasteiger partial charge on any atom is 0.410 e. The van der Waals surface area contributed by atoms with Crippen molar-refractivity contribution in [1.82, 2.24) is 25.4 Å². The zero-order chi connectivity index (χ0) is 21.6. The van der Waals surface area contributed by atoms with Crippen molar-refractivity contribution in [3.63, 3.8) is 0 Å². The van der Waals surface area contributed by atoms with E-state index in [1.807, 2.05) is 51.1 Å². The van der Waals surface area contributed by atoms with Crippen LogP contribution in [0.3, 0.4) is 0 Å². The molecule has 9 heteroatoms. The highest BCUT2D eigenvalue weighted by atomic mass is 16.6. The van der Waals surface area contributed by atoms with Gasteiger partial charge in [0.1, 0.15) is 18.0 Å². The van der Waals surface area contributed by atoms with Crippen LogP contribution in [0.15, 0.2) is 30.3 Å². The lowest BCUT2D eigenvalue weighted by molar-refractivity contribution is 0.0203. The molecular formula is C21H29N5O4. The van der Waals surface area contributed by atoms with Gasteiger partial charge in [-0.25, -0.2) is 14.6 Å². The molecule has 0 unspecified atom stereocenters. The Morgan fingerprint density at radius 3 is 2.57 bits per heavy atom. The van der Waals surface area contributed by atoms with Crippen molar-refractivity contribution < 1.29 is 19.1 Å². The summed E-state index contributed by atoms with van der Waals surface area (Å²) in [4.78, 5) is 30.2. The number of hydrogen-bond donors (Lipinski definition) is 2. The fourth-order valence-corrected chi connectivity index (χ4v) is 3.15. The van der Waals surface area contributed by atoms with Crippen LogP contribution in [0.4, 0.5) is 9.59 Å². The molecular weight excluding hydrogens is 386 g/mol. The third-order valence-electron chi connectivity index (χ3n) is 4.67. The first-order valence-corrected chi connectivity index (χ1v) is 10.1. The van der Waals surface area contributed by atoms with Crippen molar-refractivity contribution in [3.8, 4) is 0 Å². The second-order valence-corrected chi connectivity index (χ2v) is 8.30. The van der Waals surface area contributed by atoms with E-state index < -0.39 is 11.7 Å². The smallest absolute Gasteiger partial charge is 0.410 e. The first-order valence-electron chi connectivity index (χ1n) is 10.1. The quantitative estimate of drug-likeness (QED) is 0.775. The number of alkyl carbamates (subject to hydrolysis) is 1. The number of nitrogens with one attached hydrogen (secondary N) is 2. The zero-order valence-electron chi connectivity index (χ0n) is 17.7. The summed E-state index contributed by atoms with van der Waals surface area (Å²) in [6, 6.07) is 9.48. The molecule has 1 saturated heterocycles. The minimum Gasteiger partial charge on any atom is -0.445 e. The first kappa shape index (κ1) is 21.6. The molecule has 0 bridgehead atoms. The Bertz CT molecular complexity index is 839. The number of nitrogens with zero attached hydrogens (tertiary/aromatic N) is 3. The van der Waals surface area contributed by atoms with E-state index in [9.17, 15) is 9.59 Å². The number of piperidine rings is 1. The van der Waals surface area contributed by atoms with Crippen LogP contribution in [-0.2, 0) is 22.6 Å². The second-order valence-electron chi connectivity index (χ2n) is 8.30. The van der Waals surface area contributed by atoms with Crippen LogP contribution in [0.1, 0.15) is 56.7 Å². The maximum absolute atomic E-state index is 12.2. The average Bonchev–Trinajstić information content (AvgIpc) is 3.19. The summed E-state index contributed by atoms with van der Waals surface area (Å²) in [6.45, 7) is 7.21. The molecule has 0 atom stereocenters. The van der Waals surface area contributed by atoms with Gasteiger partial charge in [-0.15, -0.1) is 0 Å². The van der Waals surface area contributed by atoms with Gasteiger partial charge in [0.2, 0.25) is 0 Å². The lowest BCUT2D eigenvalue weighted by atomic mass is 9.96. The number of aromatic amines is 1. The normalized spacial score (nSPS) is 15.0. The summed E-state index contributed by atoms with van der Waals surface area (Å²) in [5, 5.41) is 9.80. The van der Waals surface area contributed by atoms with E-state index in [1.54, 1.807) is 4.90 Å². The molecule has 1 aliphatic rings. The van der Waals surface area contributed by atoms with E-state index in [2.05, 4.69) is 20.5 Å². The Morgan fingerprint density at radius 2 is 1.90 bits per heavy atom. The number of H-pyrrole nitrogens is 1. The summed E-state index contributed by atoms with van der Waals surface area (Å²) in [5.74, 6) is 1.43. The number of benzene rings is 1. The third-order valence-corrected chi connectivity index (χ3v) is 4.67. The molecule has 9 nitrogen and oxygen atoms in total. The average molecular weight is 415 g/mol. The number of rotatable bonds is 5. The molecule has 1 aromatic carbocycles. The Morgan fingerprint density at radius 1 is 1.20 bits per heavy atom. The molecule has 0 saturated carbocycles. The molecule has 2 N–H and O–H groups in total. The zero-order valence-corrected chi connectivity index (χ0v) is 17.7. The number of ether oxygens (including phenoxy) is 2. The Balaban J connectivity index is 1.41. The maximum atomic E-state index is 12.2. The predicted molar refractivity (Wildman–Crippen MR) is 110 cm³/mol. The number of carbonyl (C=O) groups is 2. The van der Waals surface area contributed by atoms with E-state index >= 15 is 0 Å². The highest BCUT2D eigenvalue weighted by molar-refractivity contribution is 5.68. The summed E-state index contributed by atoms with van der Waals surface area (Å²) in [7, 11) is 0. The van der Waals surface area contributed by atoms with Crippen LogP contribution in [-0.4, -0.2) is 51.0 Å². The molecule has 1 aliphatic heterocycles. The molecule has 2 heterocycles. The minimum atomic E-state index is -0.512. The van der Waals surface area contributed by atoms with Gasteiger partial charge in [0.25, 0.3) is 0 Å². The highest BCUT2D eigenvalue weighted by Crippen LogP contribution is 2.26. The predicted octanol–water partition coefficient (Wildman–Crippen LogP) is 3.35. The SMILES string of the molecule is CC(C)(C)OC(=O)N1CCC(c2n[nH]c(CNC(=O)OCc3ccccc3)n2)CC1. The van der Waals surface area contributed by atoms with E-state index in [4.69, 9.17) is 9.47 Å². The number of hydrogen-bond acceptors (Lipinski definition) is 6. The van der Waals surface area contributed by atoms with Crippen LogP contribution >= 0.6 is 0 Å². The van der Waals surface area contributed by atoms with Gasteiger partial charge in [-0.1, -0.05) is 30.3 Å². The van der Waals surface area contributed by atoms with E-state index in [0.717, 1.165) is 18.4 Å². The standard InChI is InChI=1S/C21H29N5O4/c1-21(2,3)30-20(28)26-11-9-16(10-12-26)18-23-17(24-25-18)13-22-19(27)29-14-15-7-5-4-6-8-15/h4-8,16H,9-14H2,1-3H3,(H,22,27)(H,23,24,25). The minimum absolute atomic E-state index is 0.165. The van der Waals surface area contributed by atoms with Crippen molar-refractivity contribution in [1.29, 1.82) is 0 Å². The monoisotopic (exact) mass is 415 g/mol. The molecule has 0 aliphatic carbocycles. The molecule has 30 heavy (non-hydrogen) atoms. The van der Waals surface area contributed by atoms with Gasteiger partial charge in [0.15, 0.2) is 5.82 Å². The first-order chi connectivity index (χ1) is 14.3. The number of amides is 2. The van der Waals surface area contributed by atoms with Gasteiger partial charge in [-0.2, -0.15) is 5.10 Å². The fourth-order valence-electron chi connectivity index (χ4n) is 3.15. The Labute approximate surface area is 176 Å². The van der Waals surface area contributed by atoms with Crippen LogP contribution < -0.4 is 5.32 Å². The van der Waals surface area contributed by atoms with Crippen LogP contribution in [0, 0.1) is 0 Å². The Kier molecular flexibility index (Phi) is 6.91. The van der Waals surface area contributed by atoms with Gasteiger partial charge in [-0.3, -0.25) is 5.10 Å². The summed E-state index contributed by atoms with van der Waals surface area (Å²) < 4.78 is 10.6. The van der Waals surface area contributed by atoms with E-state index in [-0.39, 0.29) is 25.2 Å². The molecule has 3 rings (SSSR count). The van der Waals surface area contributed by atoms with Gasteiger partial charge < -0.3 is 19.7 Å². The van der Waals surface area contributed by atoms with Gasteiger partial charge in [0.05, 0.1) is 6.54 Å². The molecule has 162 valence electrons. The van der Waals surface area contributed by atoms with Crippen molar-refractivity contribution in [3.05, 3.63) is 47.5 Å². The lowest BCUT2D eigenvalue weighted by Gasteiger charge is -2.32. The van der Waals surface area contributed by atoms with Gasteiger partial charge in [-0.05, 0) is 39.2 Å². The largest absolute Gasteiger partial charge is 0.445 e. The van der Waals surface area contributed by atoms with Gasteiger partial charge in [0, 0.05) is 19.0 Å². The molecule has 2 aromatic rings. The van der Waals surface area contributed by atoms with Crippen LogP contribution in [0.25, 0.3) is 0 Å². The highest BCUT2D eigenvalue weighted by Gasteiger charge is 2.29. The summed E-state index contributed by atoms with van der Waals surface area (Å²) in [5.41, 5.74) is 0.425. The number of carbonyl (C=O) groups excluding carboxylic acids is 2. The summed E-state index contributed by atoms with van der Waals surface area (Å²) in [6.07, 6.45) is 0.740. The lowest BCUT2D eigenvalue weighted by Crippen LogP contribution is -2.41. The molecule has 1 aromatic heterocycles. The Hall–Kier alpha value is -3.10. The van der Waals surface area contributed by atoms with Crippen molar-refractivity contribution in [2.24, 2.45) is 0 Å². The number of aromatic nitrogens is 3.